The van der Waals surface area contributed by atoms with Gasteiger partial charge in [0.15, 0.2) is 0 Å². The average molecular weight is 276 g/mol. The van der Waals surface area contributed by atoms with Crippen molar-refractivity contribution < 1.29 is 5.11 Å². The van der Waals surface area contributed by atoms with Crippen LogP contribution in [0.15, 0.2) is 22.7 Å². The minimum atomic E-state index is -0.612. The SMILES string of the molecule is CCC1CC1(O)c1ccc(Br)c(Cl)c1. The molecule has 1 aliphatic rings. The largest absolute Gasteiger partial charge is 0.385 e. The fourth-order valence-corrected chi connectivity index (χ4v) is 2.34. The van der Waals surface area contributed by atoms with Crippen molar-refractivity contribution in [2.45, 2.75) is 25.4 Å². The van der Waals surface area contributed by atoms with Crippen LogP contribution >= 0.6 is 27.5 Å². The van der Waals surface area contributed by atoms with E-state index in [4.69, 9.17) is 11.6 Å². The van der Waals surface area contributed by atoms with Crippen molar-refractivity contribution in [2.24, 2.45) is 5.92 Å². The minimum absolute atomic E-state index is 0.403. The van der Waals surface area contributed by atoms with Gasteiger partial charge in [-0.1, -0.05) is 31.0 Å². The zero-order chi connectivity index (χ0) is 10.3. The summed E-state index contributed by atoms with van der Waals surface area (Å²) in [7, 11) is 0. The van der Waals surface area contributed by atoms with Crippen molar-refractivity contribution in [1.82, 2.24) is 0 Å². The van der Waals surface area contributed by atoms with E-state index in [0.717, 1.165) is 22.9 Å². The molecule has 2 unspecified atom stereocenters. The molecule has 3 heteroatoms. The Labute approximate surface area is 97.2 Å². The molecule has 0 amide bonds. The van der Waals surface area contributed by atoms with Gasteiger partial charge < -0.3 is 5.11 Å². The first-order valence-corrected chi connectivity index (χ1v) is 5.93. The Balaban J connectivity index is 2.31. The van der Waals surface area contributed by atoms with E-state index in [1.807, 2.05) is 18.2 Å². The van der Waals surface area contributed by atoms with E-state index in [2.05, 4.69) is 22.9 Å². The van der Waals surface area contributed by atoms with Crippen LogP contribution in [-0.4, -0.2) is 5.11 Å². The van der Waals surface area contributed by atoms with Gasteiger partial charge in [-0.3, -0.25) is 0 Å². The topological polar surface area (TPSA) is 20.2 Å². The molecule has 0 radical (unpaired) electrons. The summed E-state index contributed by atoms with van der Waals surface area (Å²) in [6.07, 6.45) is 1.88. The lowest BCUT2D eigenvalue weighted by molar-refractivity contribution is 0.130. The Hall–Kier alpha value is -0.0500. The van der Waals surface area contributed by atoms with E-state index in [0.29, 0.717) is 10.9 Å². The summed E-state index contributed by atoms with van der Waals surface area (Å²) < 4.78 is 0.875. The second-order valence-corrected chi connectivity index (χ2v) is 5.12. The molecule has 0 bridgehead atoms. The summed E-state index contributed by atoms with van der Waals surface area (Å²) >= 11 is 9.32. The molecule has 76 valence electrons. The van der Waals surface area contributed by atoms with Gasteiger partial charge >= 0.3 is 0 Å². The third-order valence-corrected chi connectivity index (χ3v) is 4.22. The molecule has 1 fully saturated rings. The normalized spacial score (nSPS) is 30.4. The molecule has 0 spiro atoms. The highest BCUT2D eigenvalue weighted by atomic mass is 79.9. The summed E-state index contributed by atoms with van der Waals surface area (Å²) in [5.74, 6) is 0.403. The molecular weight excluding hydrogens is 263 g/mol. The Morgan fingerprint density at radius 3 is 2.86 bits per heavy atom. The van der Waals surface area contributed by atoms with Crippen LogP contribution < -0.4 is 0 Å². The fraction of sp³-hybridized carbons (Fsp3) is 0.455. The zero-order valence-corrected chi connectivity index (χ0v) is 10.3. The molecule has 0 saturated heterocycles. The van der Waals surface area contributed by atoms with Gasteiger partial charge in [-0.05, 0) is 46.0 Å². The van der Waals surface area contributed by atoms with Gasteiger partial charge in [0, 0.05) is 4.47 Å². The Morgan fingerprint density at radius 1 is 1.64 bits per heavy atom. The van der Waals surface area contributed by atoms with E-state index in [9.17, 15) is 5.11 Å². The molecule has 0 aliphatic heterocycles. The van der Waals surface area contributed by atoms with Gasteiger partial charge in [-0.15, -0.1) is 0 Å². The predicted octanol–water partition coefficient (Wildman–Crippen LogP) is 3.72. The van der Waals surface area contributed by atoms with E-state index in [1.54, 1.807) is 0 Å². The second kappa shape index (κ2) is 3.51. The lowest BCUT2D eigenvalue weighted by Crippen LogP contribution is -2.08. The number of rotatable bonds is 2. The lowest BCUT2D eigenvalue weighted by Gasteiger charge is -2.11. The first kappa shape index (κ1) is 10.5. The maximum atomic E-state index is 10.2. The number of aliphatic hydroxyl groups is 1. The van der Waals surface area contributed by atoms with Crippen molar-refractivity contribution in [3.63, 3.8) is 0 Å². The van der Waals surface area contributed by atoms with Crippen molar-refractivity contribution in [2.75, 3.05) is 0 Å². The fourth-order valence-electron chi connectivity index (χ4n) is 1.92. The van der Waals surface area contributed by atoms with Gasteiger partial charge in [-0.2, -0.15) is 0 Å². The first-order valence-electron chi connectivity index (χ1n) is 4.76. The smallest absolute Gasteiger partial charge is 0.0930 e. The summed E-state index contributed by atoms with van der Waals surface area (Å²) in [6.45, 7) is 2.10. The van der Waals surface area contributed by atoms with Crippen molar-refractivity contribution >= 4 is 27.5 Å². The average Bonchev–Trinajstić information content (AvgIpc) is 2.83. The Morgan fingerprint density at radius 2 is 2.36 bits per heavy atom. The summed E-state index contributed by atoms with van der Waals surface area (Å²) in [5, 5.41) is 10.9. The quantitative estimate of drug-likeness (QED) is 0.872. The molecule has 1 N–H and O–H groups in total. The van der Waals surface area contributed by atoms with E-state index >= 15 is 0 Å². The number of benzene rings is 1. The maximum Gasteiger partial charge on any atom is 0.0930 e. The number of halogens is 2. The molecule has 0 heterocycles. The Bertz CT molecular complexity index is 366. The molecule has 1 nitrogen and oxygen atoms in total. The van der Waals surface area contributed by atoms with Crippen LogP contribution in [0.3, 0.4) is 0 Å². The van der Waals surface area contributed by atoms with Crippen molar-refractivity contribution in [1.29, 1.82) is 0 Å². The molecule has 14 heavy (non-hydrogen) atoms. The van der Waals surface area contributed by atoms with Crippen LogP contribution in [0.5, 0.6) is 0 Å². The summed E-state index contributed by atoms with van der Waals surface area (Å²) in [5.41, 5.74) is 0.330. The third kappa shape index (κ3) is 1.60. The van der Waals surface area contributed by atoms with Gasteiger partial charge in [0.2, 0.25) is 0 Å². The third-order valence-electron chi connectivity index (χ3n) is 2.99. The zero-order valence-electron chi connectivity index (χ0n) is 7.93. The van der Waals surface area contributed by atoms with Crippen LogP contribution in [0, 0.1) is 5.92 Å². The van der Waals surface area contributed by atoms with Crippen molar-refractivity contribution in [3.05, 3.63) is 33.3 Å². The van der Waals surface area contributed by atoms with E-state index < -0.39 is 5.60 Å². The minimum Gasteiger partial charge on any atom is -0.385 e. The molecule has 1 aliphatic carbocycles. The van der Waals surface area contributed by atoms with Crippen LogP contribution in [-0.2, 0) is 5.60 Å². The summed E-state index contributed by atoms with van der Waals surface area (Å²) in [6, 6.07) is 5.67. The standard InChI is InChI=1S/C11H12BrClO/c1-2-7-6-11(7,14)8-3-4-9(12)10(13)5-8/h3-5,7,14H,2,6H2,1H3. The highest BCUT2D eigenvalue weighted by Gasteiger charge is 2.52. The summed E-state index contributed by atoms with van der Waals surface area (Å²) in [4.78, 5) is 0. The molecule has 1 saturated carbocycles. The molecule has 1 aromatic rings. The predicted molar refractivity (Wildman–Crippen MR) is 61.4 cm³/mol. The number of hydrogen-bond acceptors (Lipinski definition) is 1. The Kier molecular flexibility index (Phi) is 2.63. The van der Waals surface area contributed by atoms with E-state index in [-0.39, 0.29) is 0 Å². The van der Waals surface area contributed by atoms with Crippen LogP contribution in [0.25, 0.3) is 0 Å². The molecule has 1 aromatic carbocycles. The molecule has 2 atom stereocenters. The lowest BCUT2D eigenvalue weighted by atomic mass is 10.0. The highest BCUT2D eigenvalue weighted by molar-refractivity contribution is 9.10. The molecule has 2 rings (SSSR count). The monoisotopic (exact) mass is 274 g/mol. The first-order chi connectivity index (χ1) is 6.58. The van der Waals surface area contributed by atoms with Gasteiger partial charge in [-0.25, -0.2) is 0 Å². The van der Waals surface area contributed by atoms with Gasteiger partial charge in [0.1, 0.15) is 0 Å². The van der Waals surface area contributed by atoms with Gasteiger partial charge in [0.05, 0.1) is 10.6 Å². The van der Waals surface area contributed by atoms with Crippen LogP contribution in [0.2, 0.25) is 5.02 Å². The van der Waals surface area contributed by atoms with Crippen molar-refractivity contribution in [3.8, 4) is 0 Å². The van der Waals surface area contributed by atoms with E-state index in [1.165, 1.54) is 0 Å². The molecule has 0 aromatic heterocycles. The highest BCUT2D eigenvalue weighted by Crippen LogP contribution is 2.54. The van der Waals surface area contributed by atoms with Crippen LogP contribution in [0.4, 0.5) is 0 Å². The number of hydrogen-bond donors (Lipinski definition) is 1. The second-order valence-electron chi connectivity index (χ2n) is 3.86. The van der Waals surface area contributed by atoms with Crippen LogP contribution in [0.1, 0.15) is 25.3 Å². The maximum absolute atomic E-state index is 10.2. The van der Waals surface area contributed by atoms with Gasteiger partial charge in [0.25, 0.3) is 0 Å². The molecular formula is C11H12BrClO.